The van der Waals surface area contributed by atoms with Gasteiger partial charge in [-0.25, -0.2) is 0 Å². The van der Waals surface area contributed by atoms with E-state index in [0.717, 1.165) is 37.1 Å². The number of fused-ring (bicyclic) bond motifs is 1. The van der Waals surface area contributed by atoms with Crippen LogP contribution in [-0.4, -0.2) is 31.6 Å². The number of hydrogen-bond donors (Lipinski definition) is 1. The van der Waals surface area contributed by atoms with Crippen molar-refractivity contribution in [1.82, 2.24) is 4.98 Å². The first-order valence-electron chi connectivity index (χ1n) is 11.9. The van der Waals surface area contributed by atoms with Crippen molar-refractivity contribution in [2.24, 2.45) is 5.41 Å². The molecule has 0 radical (unpaired) electrons. The molecule has 1 atom stereocenters. The Kier molecular flexibility index (Phi) is 6.94. The third-order valence-electron chi connectivity index (χ3n) is 7.39. The molecule has 5 heteroatoms. The first-order chi connectivity index (χ1) is 14.3. The number of aliphatic hydroxyl groups excluding tert-OH is 1. The van der Waals surface area contributed by atoms with Gasteiger partial charge in [0.2, 0.25) is 0 Å². The second kappa shape index (κ2) is 8.73. The summed E-state index contributed by atoms with van der Waals surface area (Å²) in [6, 6.07) is 0. The van der Waals surface area contributed by atoms with E-state index in [1.165, 1.54) is 22.4 Å². The van der Waals surface area contributed by atoms with Gasteiger partial charge in [0.25, 0.3) is 0 Å². The minimum atomic E-state index is -1.99. The summed E-state index contributed by atoms with van der Waals surface area (Å²) in [7, 11) is -1.99. The Labute approximate surface area is 190 Å². The molecule has 0 amide bonds. The Morgan fingerprint density at radius 1 is 1.29 bits per heavy atom. The quantitative estimate of drug-likeness (QED) is 0.523. The molecule has 2 heterocycles. The van der Waals surface area contributed by atoms with E-state index in [0.29, 0.717) is 6.61 Å². The number of hydrogen-bond acceptors (Lipinski definition) is 4. The van der Waals surface area contributed by atoms with Gasteiger partial charge in [-0.1, -0.05) is 54.5 Å². The second-order valence-corrected chi connectivity index (χ2v) is 16.7. The van der Waals surface area contributed by atoms with Crippen molar-refractivity contribution in [3.63, 3.8) is 0 Å². The average molecular weight is 446 g/mol. The first kappa shape index (κ1) is 24.6. The van der Waals surface area contributed by atoms with Crippen molar-refractivity contribution in [2.75, 3.05) is 13.2 Å². The number of aliphatic hydroxyl groups is 1. The molecule has 1 aromatic rings. The van der Waals surface area contributed by atoms with Crippen LogP contribution in [0.5, 0.6) is 0 Å². The lowest BCUT2D eigenvalue weighted by Gasteiger charge is -2.53. The lowest BCUT2D eigenvalue weighted by atomic mass is 9.71. The molecule has 4 nitrogen and oxygen atoms in total. The highest BCUT2D eigenvalue weighted by molar-refractivity contribution is 6.74. The van der Waals surface area contributed by atoms with Crippen molar-refractivity contribution in [3.05, 3.63) is 34.2 Å². The number of ether oxygens (including phenoxy) is 1. The SMILES string of the molecule is CC(C)c1nc2c(c(C3=CCOCC3)c1CO)C(O[Si-](C)(C)C(C)(C)C)CC(C)(C)C2. The Morgan fingerprint density at radius 2 is 1.97 bits per heavy atom. The first-order valence-corrected chi connectivity index (χ1v) is 14.8. The van der Waals surface area contributed by atoms with Gasteiger partial charge >= 0.3 is 0 Å². The average Bonchev–Trinajstić information content (AvgIpc) is 2.65. The van der Waals surface area contributed by atoms with Crippen LogP contribution in [0.1, 0.15) is 101 Å². The molecule has 1 unspecified atom stereocenters. The van der Waals surface area contributed by atoms with E-state index in [2.05, 4.69) is 67.6 Å². The molecule has 0 spiro atoms. The van der Waals surface area contributed by atoms with Crippen LogP contribution >= 0.6 is 0 Å². The summed E-state index contributed by atoms with van der Waals surface area (Å²) in [6.07, 6.45) is 5.01. The van der Waals surface area contributed by atoms with Gasteiger partial charge in [0.15, 0.2) is 0 Å². The largest absolute Gasteiger partial charge is 0.559 e. The minimum absolute atomic E-state index is 0.0114. The third kappa shape index (κ3) is 5.00. The van der Waals surface area contributed by atoms with Crippen LogP contribution in [0.15, 0.2) is 6.08 Å². The highest BCUT2D eigenvalue weighted by Crippen LogP contribution is 2.50. The van der Waals surface area contributed by atoms with E-state index in [9.17, 15) is 5.11 Å². The molecule has 0 aromatic carbocycles. The zero-order valence-corrected chi connectivity index (χ0v) is 22.2. The van der Waals surface area contributed by atoms with Gasteiger partial charge in [0.05, 0.1) is 19.8 Å². The molecule has 0 saturated carbocycles. The molecule has 2 aliphatic rings. The Balaban J connectivity index is 2.28. The van der Waals surface area contributed by atoms with Crippen LogP contribution in [0.2, 0.25) is 18.1 Å². The van der Waals surface area contributed by atoms with Gasteiger partial charge in [-0.3, -0.25) is 4.98 Å². The molecule has 1 aromatic heterocycles. The number of aromatic nitrogens is 1. The zero-order valence-electron chi connectivity index (χ0n) is 21.2. The van der Waals surface area contributed by atoms with Gasteiger partial charge in [0.1, 0.15) is 0 Å². The predicted octanol–water partition coefficient (Wildman–Crippen LogP) is 6.54. The maximum Gasteiger partial charge on any atom is 0.0705 e. The molecule has 31 heavy (non-hydrogen) atoms. The van der Waals surface area contributed by atoms with Crippen molar-refractivity contribution in [1.29, 1.82) is 0 Å². The van der Waals surface area contributed by atoms with E-state index in [4.69, 9.17) is 14.1 Å². The fraction of sp³-hybridized carbons (Fsp3) is 0.731. The fourth-order valence-electron chi connectivity index (χ4n) is 4.71. The molecular formula is C26H43NO3Si-. The summed E-state index contributed by atoms with van der Waals surface area (Å²) in [4.78, 5) is 5.19. The Hall–Kier alpha value is -1.01. The maximum absolute atomic E-state index is 10.5. The minimum Gasteiger partial charge on any atom is -0.559 e. The summed E-state index contributed by atoms with van der Waals surface area (Å²) < 4.78 is 12.7. The molecule has 175 valence electrons. The number of nitrogens with zero attached hydrogens (tertiary/aromatic N) is 1. The van der Waals surface area contributed by atoms with E-state index < -0.39 is 8.32 Å². The zero-order chi connectivity index (χ0) is 23.2. The van der Waals surface area contributed by atoms with Gasteiger partial charge in [-0.15, -0.1) is 18.1 Å². The summed E-state index contributed by atoms with van der Waals surface area (Å²) in [5, 5.41) is 10.6. The van der Waals surface area contributed by atoms with Gasteiger partial charge in [-0.2, -0.15) is 0 Å². The van der Waals surface area contributed by atoms with Crippen molar-refractivity contribution < 1.29 is 14.3 Å². The second-order valence-electron chi connectivity index (χ2n) is 12.0. The lowest BCUT2D eigenvalue weighted by Crippen LogP contribution is -2.44. The van der Waals surface area contributed by atoms with Crippen molar-refractivity contribution in [3.8, 4) is 0 Å². The Morgan fingerprint density at radius 3 is 2.48 bits per heavy atom. The van der Waals surface area contributed by atoms with Gasteiger partial charge in [0, 0.05) is 28.6 Å². The van der Waals surface area contributed by atoms with Crippen molar-refractivity contribution in [2.45, 2.75) is 104 Å². The number of rotatable bonds is 5. The molecule has 1 aliphatic heterocycles. The van der Waals surface area contributed by atoms with Crippen LogP contribution < -0.4 is 0 Å². The van der Waals surface area contributed by atoms with Crippen LogP contribution in [-0.2, 0) is 22.2 Å². The standard InChI is InChI=1S/C26H43NO3Si/c1-17(2)24-19(16-28)22(18-10-12-29-13-11-18)23-20(27-24)14-26(6,7)15-21(23)30-31(8,9)25(3,4)5/h10,17,21,28H,11-16H2,1-9H3/q-1. The molecule has 3 rings (SSSR count). The van der Waals surface area contributed by atoms with E-state index in [1.807, 2.05) is 0 Å². The third-order valence-corrected chi connectivity index (χ3v) is 11.9. The normalized spacial score (nSPS) is 21.8. The summed E-state index contributed by atoms with van der Waals surface area (Å²) in [6.45, 7) is 22.0. The van der Waals surface area contributed by atoms with Crippen LogP contribution in [0.25, 0.3) is 5.57 Å². The highest BCUT2D eigenvalue weighted by atomic mass is 28.4. The maximum atomic E-state index is 10.5. The smallest absolute Gasteiger partial charge is 0.0705 e. The molecule has 1 aliphatic carbocycles. The van der Waals surface area contributed by atoms with Crippen molar-refractivity contribution >= 4 is 13.9 Å². The molecule has 0 fully saturated rings. The summed E-state index contributed by atoms with van der Waals surface area (Å²) >= 11 is 0. The Bertz CT molecular complexity index is 849. The van der Waals surface area contributed by atoms with Crippen LogP contribution in [0.4, 0.5) is 0 Å². The number of pyridine rings is 1. The van der Waals surface area contributed by atoms with Gasteiger partial charge < -0.3 is 14.3 Å². The van der Waals surface area contributed by atoms with E-state index in [1.54, 1.807) is 0 Å². The van der Waals surface area contributed by atoms with Crippen LogP contribution in [0, 0.1) is 5.41 Å². The molecule has 0 saturated heterocycles. The fourth-order valence-corrected chi connectivity index (χ4v) is 5.98. The topological polar surface area (TPSA) is 51.6 Å². The van der Waals surface area contributed by atoms with Crippen LogP contribution in [0.3, 0.4) is 0 Å². The van der Waals surface area contributed by atoms with Gasteiger partial charge in [-0.05, 0) is 50.0 Å². The highest BCUT2D eigenvalue weighted by Gasteiger charge is 2.39. The molecular weight excluding hydrogens is 402 g/mol. The lowest BCUT2D eigenvalue weighted by molar-refractivity contribution is 0.105. The monoisotopic (exact) mass is 445 g/mol. The molecule has 1 N–H and O–H groups in total. The summed E-state index contributed by atoms with van der Waals surface area (Å²) in [5.74, 6) is 0.261. The predicted molar refractivity (Wildman–Crippen MR) is 131 cm³/mol. The molecule has 0 bridgehead atoms. The summed E-state index contributed by atoms with van der Waals surface area (Å²) in [5.41, 5.74) is 7.06. The van der Waals surface area contributed by atoms with E-state index >= 15 is 0 Å². The van der Waals surface area contributed by atoms with E-state index in [-0.39, 0.29) is 29.1 Å².